The average molecular weight is 431 g/mol. The maximum Gasteiger partial charge on any atom is 0.352 e. The van der Waals surface area contributed by atoms with Crippen LogP contribution in [0.25, 0.3) is 0 Å². The highest BCUT2D eigenvalue weighted by Gasteiger charge is 2.34. The SMILES string of the molecule is CN1c2cc(OCc3ccc(Oc4ccnc(Cl)c4)c(F)c3)nc(=O)n2CC1(C)C. The molecule has 0 atom stereocenters. The minimum Gasteiger partial charge on any atom is -0.473 e. The number of benzene rings is 1. The molecule has 0 N–H and O–H groups in total. The second-order valence-electron chi connectivity index (χ2n) is 7.66. The Morgan fingerprint density at radius 3 is 2.77 bits per heavy atom. The largest absolute Gasteiger partial charge is 0.473 e. The predicted octanol–water partition coefficient (Wildman–Crippen LogP) is 4.03. The van der Waals surface area contributed by atoms with E-state index in [-0.39, 0.29) is 34.6 Å². The number of hydrogen-bond acceptors (Lipinski definition) is 6. The normalized spacial score (nSPS) is 14.5. The third-order valence-electron chi connectivity index (χ3n) is 5.07. The van der Waals surface area contributed by atoms with Gasteiger partial charge in [0.15, 0.2) is 11.6 Å². The van der Waals surface area contributed by atoms with Crippen molar-refractivity contribution in [3.05, 3.63) is 69.6 Å². The zero-order valence-electron chi connectivity index (χ0n) is 16.7. The molecule has 0 unspecified atom stereocenters. The van der Waals surface area contributed by atoms with Crippen LogP contribution < -0.4 is 20.1 Å². The molecule has 4 rings (SSSR count). The fourth-order valence-electron chi connectivity index (χ4n) is 3.23. The maximum atomic E-state index is 14.4. The number of rotatable bonds is 5. The highest BCUT2D eigenvalue weighted by atomic mass is 35.5. The maximum absolute atomic E-state index is 14.4. The van der Waals surface area contributed by atoms with Crippen molar-refractivity contribution >= 4 is 17.4 Å². The predicted molar refractivity (Wildman–Crippen MR) is 111 cm³/mol. The Bertz CT molecular complexity index is 1170. The Kier molecular flexibility index (Phi) is 5.11. The van der Waals surface area contributed by atoms with Gasteiger partial charge in [0.2, 0.25) is 5.88 Å². The lowest BCUT2D eigenvalue weighted by Crippen LogP contribution is -2.38. The molecule has 0 spiro atoms. The summed E-state index contributed by atoms with van der Waals surface area (Å²) in [6, 6.07) is 9.29. The smallest absolute Gasteiger partial charge is 0.352 e. The van der Waals surface area contributed by atoms with Crippen LogP contribution >= 0.6 is 11.6 Å². The van der Waals surface area contributed by atoms with Gasteiger partial charge in [-0.1, -0.05) is 17.7 Å². The van der Waals surface area contributed by atoms with E-state index in [1.807, 2.05) is 25.8 Å². The fourth-order valence-corrected chi connectivity index (χ4v) is 3.39. The zero-order valence-corrected chi connectivity index (χ0v) is 17.5. The average Bonchev–Trinajstić information content (AvgIpc) is 2.92. The van der Waals surface area contributed by atoms with Crippen LogP contribution in [0.5, 0.6) is 17.4 Å². The van der Waals surface area contributed by atoms with Crippen LogP contribution in [0.3, 0.4) is 0 Å². The Morgan fingerprint density at radius 1 is 1.23 bits per heavy atom. The number of hydrogen-bond donors (Lipinski definition) is 0. The number of likely N-dealkylation sites (N-methyl/N-ethyl adjacent to an activating group) is 1. The van der Waals surface area contributed by atoms with Crippen LogP contribution in [-0.2, 0) is 13.2 Å². The molecule has 0 bridgehead atoms. The van der Waals surface area contributed by atoms with E-state index in [1.54, 1.807) is 22.8 Å². The Hall–Kier alpha value is -3.13. The molecule has 1 aliphatic heterocycles. The molecule has 3 heterocycles. The van der Waals surface area contributed by atoms with Crippen molar-refractivity contribution in [2.45, 2.75) is 32.5 Å². The van der Waals surface area contributed by atoms with E-state index >= 15 is 0 Å². The van der Waals surface area contributed by atoms with Crippen molar-refractivity contribution in [2.75, 3.05) is 11.9 Å². The summed E-state index contributed by atoms with van der Waals surface area (Å²) < 4.78 is 27.2. The van der Waals surface area contributed by atoms with Crippen LogP contribution in [0.1, 0.15) is 19.4 Å². The summed E-state index contributed by atoms with van der Waals surface area (Å²) >= 11 is 5.81. The topological polar surface area (TPSA) is 69.5 Å². The molecule has 0 radical (unpaired) electrons. The summed E-state index contributed by atoms with van der Waals surface area (Å²) in [5.41, 5.74) is 0.0133. The van der Waals surface area contributed by atoms with E-state index in [0.717, 1.165) is 5.82 Å². The van der Waals surface area contributed by atoms with E-state index in [2.05, 4.69) is 9.97 Å². The summed E-state index contributed by atoms with van der Waals surface area (Å²) in [6.45, 7) is 4.71. The summed E-state index contributed by atoms with van der Waals surface area (Å²) in [4.78, 5) is 22.2. The molecule has 1 aromatic carbocycles. The fraction of sp³-hybridized carbons (Fsp3) is 0.286. The summed E-state index contributed by atoms with van der Waals surface area (Å²) in [5.74, 6) is 0.822. The van der Waals surface area contributed by atoms with Crippen molar-refractivity contribution in [1.82, 2.24) is 14.5 Å². The number of ether oxygens (including phenoxy) is 2. The van der Waals surface area contributed by atoms with E-state index in [9.17, 15) is 9.18 Å². The molecule has 30 heavy (non-hydrogen) atoms. The van der Waals surface area contributed by atoms with Crippen LogP contribution in [0, 0.1) is 5.82 Å². The molecular weight excluding hydrogens is 411 g/mol. The first-order valence-corrected chi connectivity index (χ1v) is 9.67. The van der Waals surface area contributed by atoms with Crippen molar-refractivity contribution in [1.29, 1.82) is 0 Å². The first-order chi connectivity index (χ1) is 14.2. The van der Waals surface area contributed by atoms with Gasteiger partial charge in [0.1, 0.15) is 23.3 Å². The Labute approximate surface area is 177 Å². The number of nitrogens with zero attached hydrogens (tertiary/aromatic N) is 4. The zero-order chi connectivity index (χ0) is 21.5. The van der Waals surface area contributed by atoms with Crippen LogP contribution in [0.4, 0.5) is 10.2 Å². The molecule has 9 heteroatoms. The van der Waals surface area contributed by atoms with Gasteiger partial charge in [0, 0.05) is 25.4 Å². The molecule has 0 amide bonds. The van der Waals surface area contributed by atoms with Crippen molar-refractivity contribution in [3.8, 4) is 17.4 Å². The summed E-state index contributed by atoms with van der Waals surface area (Å²) in [6.07, 6.45) is 1.47. The van der Waals surface area contributed by atoms with Gasteiger partial charge in [-0.15, -0.1) is 0 Å². The van der Waals surface area contributed by atoms with Gasteiger partial charge in [-0.3, -0.25) is 4.57 Å². The molecule has 0 saturated heterocycles. The van der Waals surface area contributed by atoms with Gasteiger partial charge in [0.25, 0.3) is 0 Å². The molecule has 0 aliphatic carbocycles. The second-order valence-corrected chi connectivity index (χ2v) is 8.05. The summed E-state index contributed by atoms with van der Waals surface area (Å²) in [7, 11) is 1.92. The standard InChI is InChI=1S/C21H20ClFN4O3/c1-21(2)12-27-19(26(21)3)10-18(25-20(27)28)29-11-13-4-5-16(15(23)8-13)30-14-6-7-24-17(22)9-14/h4-10H,11-12H2,1-3H3. The quantitative estimate of drug-likeness (QED) is 0.569. The first-order valence-electron chi connectivity index (χ1n) is 9.29. The Morgan fingerprint density at radius 2 is 2.03 bits per heavy atom. The number of pyridine rings is 1. The molecular formula is C21H20ClFN4O3. The first kappa shape index (κ1) is 20.2. The molecule has 156 valence electrons. The number of halogens is 2. The molecule has 2 aromatic heterocycles. The van der Waals surface area contributed by atoms with Crippen molar-refractivity contribution in [3.63, 3.8) is 0 Å². The third kappa shape index (κ3) is 3.95. The van der Waals surface area contributed by atoms with Gasteiger partial charge in [-0.05, 0) is 37.6 Å². The van der Waals surface area contributed by atoms with Gasteiger partial charge in [-0.2, -0.15) is 4.98 Å². The minimum absolute atomic E-state index is 0.0544. The third-order valence-corrected chi connectivity index (χ3v) is 5.28. The van der Waals surface area contributed by atoms with E-state index < -0.39 is 5.82 Å². The second kappa shape index (κ2) is 7.60. The Balaban J connectivity index is 1.47. The van der Waals surface area contributed by atoms with Crippen LogP contribution in [-0.4, -0.2) is 27.1 Å². The molecule has 1 aliphatic rings. The lowest BCUT2D eigenvalue weighted by Gasteiger charge is -2.28. The molecule has 0 saturated carbocycles. The number of fused-ring (bicyclic) bond motifs is 1. The number of aromatic nitrogens is 3. The lowest BCUT2D eigenvalue weighted by atomic mass is 10.1. The summed E-state index contributed by atoms with van der Waals surface area (Å²) in [5, 5.41) is 0.254. The lowest BCUT2D eigenvalue weighted by molar-refractivity contribution is 0.290. The molecule has 7 nitrogen and oxygen atoms in total. The van der Waals surface area contributed by atoms with Gasteiger partial charge < -0.3 is 14.4 Å². The van der Waals surface area contributed by atoms with Crippen molar-refractivity contribution in [2.24, 2.45) is 0 Å². The highest BCUT2D eigenvalue weighted by Crippen LogP contribution is 2.32. The van der Waals surface area contributed by atoms with Gasteiger partial charge in [-0.25, -0.2) is 14.2 Å². The van der Waals surface area contributed by atoms with Crippen LogP contribution in [0.2, 0.25) is 5.15 Å². The minimum atomic E-state index is -0.549. The van der Waals surface area contributed by atoms with Gasteiger partial charge >= 0.3 is 5.69 Å². The molecule has 3 aromatic rings. The van der Waals surface area contributed by atoms with Crippen molar-refractivity contribution < 1.29 is 13.9 Å². The number of anilines is 1. The van der Waals surface area contributed by atoms with Gasteiger partial charge in [0.05, 0.1) is 12.1 Å². The monoisotopic (exact) mass is 430 g/mol. The highest BCUT2D eigenvalue weighted by molar-refractivity contribution is 6.29. The van der Waals surface area contributed by atoms with E-state index in [1.165, 1.54) is 24.4 Å². The van der Waals surface area contributed by atoms with E-state index in [4.69, 9.17) is 21.1 Å². The molecule has 0 fully saturated rings. The van der Waals surface area contributed by atoms with E-state index in [0.29, 0.717) is 17.9 Å². The van der Waals surface area contributed by atoms with Crippen LogP contribution in [0.15, 0.2) is 47.4 Å².